The molecular formula is C19H24N2O4. The standard InChI is InChI=1S/C19H24N2O4/c1-6-21-11-13(3)18(19(23)24)15(21)10-17(22)20(4)14-9-12(2)7-8-16(14)25-5/h7-9,11H,6,10H2,1-5H3,(H,23,24). The lowest BCUT2D eigenvalue weighted by atomic mass is 10.1. The molecule has 2 rings (SSSR count). The summed E-state index contributed by atoms with van der Waals surface area (Å²) in [5, 5.41) is 9.48. The number of aromatic nitrogens is 1. The molecule has 6 nitrogen and oxygen atoms in total. The van der Waals surface area contributed by atoms with Crippen molar-refractivity contribution in [3.05, 3.63) is 46.8 Å². The average Bonchev–Trinajstić information content (AvgIpc) is 2.89. The van der Waals surface area contributed by atoms with Gasteiger partial charge in [0.15, 0.2) is 0 Å². The number of hydrogen-bond acceptors (Lipinski definition) is 3. The summed E-state index contributed by atoms with van der Waals surface area (Å²) >= 11 is 0. The van der Waals surface area contributed by atoms with Crippen LogP contribution in [-0.2, 0) is 17.8 Å². The molecule has 25 heavy (non-hydrogen) atoms. The van der Waals surface area contributed by atoms with E-state index >= 15 is 0 Å². The molecule has 6 heteroatoms. The van der Waals surface area contributed by atoms with Gasteiger partial charge in [-0.25, -0.2) is 4.79 Å². The van der Waals surface area contributed by atoms with Gasteiger partial charge in [0, 0.05) is 25.5 Å². The largest absolute Gasteiger partial charge is 0.495 e. The van der Waals surface area contributed by atoms with Crippen molar-refractivity contribution in [1.29, 1.82) is 0 Å². The lowest BCUT2D eigenvalue weighted by Gasteiger charge is -2.21. The second kappa shape index (κ2) is 7.42. The van der Waals surface area contributed by atoms with Crippen molar-refractivity contribution in [3.63, 3.8) is 0 Å². The molecular weight excluding hydrogens is 320 g/mol. The second-order valence-corrected chi connectivity index (χ2v) is 6.03. The molecule has 0 unspecified atom stereocenters. The molecule has 2 aromatic rings. The van der Waals surface area contributed by atoms with Crippen LogP contribution in [0, 0.1) is 13.8 Å². The molecule has 0 radical (unpaired) electrons. The fraction of sp³-hybridized carbons (Fsp3) is 0.368. The molecule has 1 aromatic carbocycles. The summed E-state index contributed by atoms with van der Waals surface area (Å²) in [7, 11) is 3.23. The molecule has 1 aromatic heterocycles. The third kappa shape index (κ3) is 3.68. The van der Waals surface area contributed by atoms with Crippen molar-refractivity contribution < 1.29 is 19.4 Å². The molecule has 0 bridgehead atoms. The number of carbonyl (C=O) groups is 2. The van der Waals surface area contributed by atoms with E-state index in [-0.39, 0.29) is 17.9 Å². The van der Waals surface area contributed by atoms with Crippen LogP contribution in [0.2, 0.25) is 0 Å². The number of carbonyl (C=O) groups excluding carboxylic acids is 1. The van der Waals surface area contributed by atoms with Crippen molar-refractivity contribution in [2.45, 2.75) is 33.7 Å². The van der Waals surface area contributed by atoms with Crippen molar-refractivity contribution in [3.8, 4) is 5.75 Å². The fourth-order valence-corrected chi connectivity index (χ4v) is 2.97. The average molecular weight is 344 g/mol. The second-order valence-electron chi connectivity index (χ2n) is 6.03. The van der Waals surface area contributed by atoms with Crippen LogP contribution in [-0.4, -0.2) is 35.7 Å². The first-order valence-electron chi connectivity index (χ1n) is 8.13. The maximum atomic E-state index is 12.8. The Bertz CT molecular complexity index is 808. The lowest BCUT2D eigenvalue weighted by Crippen LogP contribution is -2.29. The van der Waals surface area contributed by atoms with E-state index in [1.807, 2.05) is 36.6 Å². The number of rotatable bonds is 6. The number of anilines is 1. The number of hydrogen-bond donors (Lipinski definition) is 1. The van der Waals surface area contributed by atoms with Crippen molar-refractivity contribution in [2.24, 2.45) is 0 Å². The number of amides is 1. The maximum Gasteiger partial charge on any atom is 0.337 e. The smallest absolute Gasteiger partial charge is 0.337 e. The number of carboxylic acids is 1. The van der Waals surface area contributed by atoms with Crippen LogP contribution in [0.3, 0.4) is 0 Å². The Hall–Kier alpha value is -2.76. The van der Waals surface area contributed by atoms with Gasteiger partial charge in [-0.2, -0.15) is 0 Å². The molecule has 0 aliphatic carbocycles. The van der Waals surface area contributed by atoms with E-state index in [4.69, 9.17) is 4.74 Å². The summed E-state index contributed by atoms with van der Waals surface area (Å²) in [5.41, 5.74) is 3.06. The van der Waals surface area contributed by atoms with Crippen LogP contribution < -0.4 is 9.64 Å². The van der Waals surface area contributed by atoms with E-state index < -0.39 is 5.97 Å². The van der Waals surface area contributed by atoms with Crippen LogP contribution in [0.15, 0.2) is 24.4 Å². The maximum absolute atomic E-state index is 12.8. The van der Waals surface area contributed by atoms with E-state index in [2.05, 4.69) is 0 Å². The molecule has 0 saturated heterocycles. The van der Waals surface area contributed by atoms with Gasteiger partial charge in [-0.05, 0) is 44.0 Å². The highest BCUT2D eigenvalue weighted by Crippen LogP contribution is 2.29. The van der Waals surface area contributed by atoms with E-state index in [0.717, 1.165) is 5.56 Å². The minimum absolute atomic E-state index is 0.0108. The first-order valence-corrected chi connectivity index (χ1v) is 8.13. The number of aromatic carboxylic acids is 1. The molecule has 0 atom stereocenters. The first kappa shape index (κ1) is 18.6. The number of ether oxygens (including phenoxy) is 1. The Morgan fingerprint density at radius 3 is 2.52 bits per heavy atom. The fourth-order valence-electron chi connectivity index (χ4n) is 2.97. The summed E-state index contributed by atoms with van der Waals surface area (Å²) in [6.07, 6.45) is 1.79. The summed E-state index contributed by atoms with van der Waals surface area (Å²) < 4.78 is 7.16. The minimum atomic E-state index is -1.01. The van der Waals surface area contributed by atoms with Crippen molar-refractivity contribution >= 4 is 17.6 Å². The van der Waals surface area contributed by atoms with E-state index in [0.29, 0.717) is 29.2 Å². The Morgan fingerprint density at radius 1 is 1.28 bits per heavy atom. The Morgan fingerprint density at radius 2 is 1.96 bits per heavy atom. The van der Waals surface area contributed by atoms with Gasteiger partial charge >= 0.3 is 5.97 Å². The molecule has 0 spiro atoms. The Balaban J connectivity index is 2.37. The number of nitrogens with zero attached hydrogens (tertiary/aromatic N) is 2. The van der Waals surface area contributed by atoms with Crippen molar-refractivity contribution in [2.75, 3.05) is 19.1 Å². The monoisotopic (exact) mass is 344 g/mol. The summed E-state index contributed by atoms with van der Waals surface area (Å²) in [6.45, 7) is 6.22. The molecule has 0 aliphatic rings. The van der Waals surface area contributed by atoms with Crippen LogP contribution >= 0.6 is 0 Å². The molecule has 0 saturated carbocycles. The lowest BCUT2D eigenvalue weighted by molar-refractivity contribution is -0.117. The van der Waals surface area contributed by atoms with Crippen LogP contribution in [0.1, 0.15) is 34.1 Å². The van der Waals surface area contributed by atoms with Crippen LogP contribution in [0.25, 0.3) is 0 Å². The SMILES string of the molecule is CCn1cc(C)c(C(=O)O)c1CC(=O)N(C)c1cc(C)ccc1OC. The summed E-state index contributed by atoms with van der Waals surface area (Å²) in [6, 6.07) is 5.60. The zero-order chi connectivity index (χ0) is 18.7. The first-order chi connectivity index (χ1) is 11.8. The van der Waals surface area contributed by atoms with Crippen molar-refractivity contribution in [1.82, 2.24) is 4.57 Å². The van der Waals surface area contributed by atoms with Gasteiger partial charge in [-0.1, -0.05) is 6.07 Å². The van der Waals surface area contributed by atoms with Crippen LogP contribution in [0.5, 0.6) is 5.75 Å². The van der Waals surface area contributed by atoms with Gasteiger partial charge in [-0.15, -0.1) is 0 Å². The van der Waals surface area contributed by atoms with Gasteiger partial charge in [0.1, 0.15) is 5.75 Å². The van der Waals surface area contributed by atoms with E-state index in [9.17, 15) is 14.7 Å². The molecule has 0 aliphatic heterocycles. The third-order valence-electron chi connectivity index (χ3n) is 4.32. The number of carboxylic acid groups (broad SMARTS) is 1. The zero-order valence-electron chi connectivity index (χ0n) is 15.3. The van der Waals surface area contributed by atoms with Gasteiger partial charge in [0.05, 0.1) is 24.8 Å². The van der Waals surface area contributed by atoms with E-state index in [1.54, 1.807) is 27.3 Å². The number of aryl methyl sites for hydroxylation is 3. The number of likely N-dealkylation sites (N-methyl/N-ethyl adjacent to an activating group) is 1. The number of methoxy groups -OCH3 is 1. The van der Waals surface area contributed by atoms with Gasteiger partial charge in [0.25, 0.3) is 0 Å². The Labute approximate surface area is 147 Å². The predicted octanol–water partition coefficient (Wildman–Crippen LogP) is 3.04. The topological polar surface area (TPSA) is 71.8 Å². The quantitative estimate of drug-likeness (QED) is 0.874. The van der Waals surface area contributed by atoms with Gasteiger partial charge in [0.2, 0.25) is 5.91 Å². The predicted molar refractivity (Wildman–Crippen MR) is 96.6 cm³/mol. The molecule has 1 amide bonds. The highest BCUT2D eigenvalue weighted by Gasteiger charge is 2.23. The summed E-state index contributed by atoms with van der Waals surface area (Å²) in [4.78, 5) is 25.9. The van der Waals surface area contributed by atoms with Crippen LogP contribution in [0.4, 0.5) is 5.69 Å². The van der Waals surface area contributed by atoms with E-state index in [1.165, 1.54) is 4.90 Å². The minimum Gasteiger partial charge on any atom is -0.495 e. The van der Waals surface area contributed by atoms with Gasteiger partial charge < -0.3 is 19.3 Å². The highest BCUT2D eigenvalue weighted by atomic mass is 16.5. The van der Waals surface area contributed by atoms with Gasteiger partial charge in [-0.3, -0.25) is 4.79 Å². The molecule has 1 N–H and O–H groups in total. The molecule has 134 valence electrons. The Kier molecular flexibility index (Phi) is 5.51. The summed E-state index contributed by atoms with van der Waals surface area (Å²) in [5.74, 6) is -0.607. The molecule has 0 fully saturated rings. The third-order valence-corrected chi connectivity index (χ3v) is 4.32. The molecule has 1 heterocycles. The highest BCUT2D eigenvalue weighted by molar-refractivity contribution is 5.98. The normalized spacial score (nSPS) is 10.6. The number of benzene rings is 1. The zero-order valence-corrected chi connectivity index (χ0v) is 15.3.